The topological polar surface area (TPSA) is 63.7 Å². The maximum atomic E-state index is 13.0. The van der Waals surface area contributed by atoms with E-state index >= 15 is 0 Å². The van der Waals surface area contributed by atoms with Gasteiger partial charge in [0.2, 0.25) is 11.8 Å². The average Bonchev–Trinajstić information content (AvgIpc) is 3.38. The molecule has 5 nitrogen and oxygen atoms in total. The Morgan fingerprint density at radius 2 is 1.71 bits per heavy atom. The molecule has 6 rings (SSSR count). The predicted molar refractivity (Wildman–Crippen MR) is 85.0 cm³/mol. The first kappa shape index (κ1) is 14.0. The van der Waals surface area contributed by atoms with E-state index in [1.807, 2.05) is 0 Å². The van der Waals surface area contributed by atoms with Crippen LogP contribution in [-0.4, -0.2) is 24.9 Å². The van der Waals surface area contributed by atoms with Gasteiger partial charge in [0.15, 0.2) is 0 Å². The summed E-state index contributed by atoms with van der Waals surface area (Å²) in [4.78, 5) is 39.0. The van der Waals surface area contributed by atoms with Crippen LogP contribution in [0.5, 0.6) is 0 Å². The van der Waals surface area contributed by atoms with Crippen LogP contribution in [0, 0.1) is 35.5 Å². The summed E-state index contributed by atoms with van der Waals surface area (Å²) >= 11 is 0. The molecule has 3 fully saturated rings. The molecule has 5 heteroatoms. The molecule has 0 unspecified atom stereocenters. The van der Waals surface area contributed by atoms with Crippen LogP contribution in [0.4, 0.5) is 5.69 Å². The number of allylic oxidation sites excluding steroid dienone is 2. The van der Waals surface area contributed by atoms with E-state index in [9.17, 15) is 14.4 Å². The van der Waals surface area contributed by atoms with Crippen LogP contribution in [0.25, 0.3) is 0 Å². The summed E-state index contributed by atoms with van der Waals surface area (Å²) in [5.74, 6) is 0.421. The van der Waals surface area contributed by atoms with Crippen LogP contribution < -0.4 is 4.90 Å². The molecule has 1 aliphatic heterocycles. The summed E-state index contributed by atoms with van der Waals surface area (Å²) in [6, 6.07) is 6.56. The second kappa shape index (κ2) is 4.56. The minimum absolute atomic E-state index is 0.114. The zero-order valence-corrected chi connectivity index (χ0v) is 13.2. The van der Waals surface area contributed by atoms with Crippen molar-refractivity contribution in [3.8, 4) is 0 Å². The van der Waals surface area contributed by atoms with Gasteiger partial charge in [-0.05, 0) is 48.3 Å². The number of anilines is 1. The van der Waals surface area contributed by atoms with Gasteiger partial charge in [-0.1, -0.05) is 18.2 Å². The van der Waals surface area contributed by atoms with Crippen molar-refractivity contribution in [2.75, 3.05) is 12.0 Å². The maximum absolute atomic E-state index is 13.0. The predicted octanol–water partition coefficient (Wildman–Crippen LogP) is 2.03. The normalized spacial score (nSPS) is 38.1. The van der Waals surface area contributed by atoms with Gasteiger partial charge in [-0.15, -0.1) is 0 Å². The fraction of sp³-hybridized carbons (Fsp3) is 0.421. The Hall–Kier alpha value is -2.43. The number of benzene rings is 1. The van der Waals surface area contributed by atoms with E-state index in [0.717, 1.165) is 6.42 Å². The fourth-order valence-corrected chi connectivity index (χ4v) is 5.10. The summed E-state index contributed by atoms with van der Waals surface area (Å²) in [6.45, 7) is 0. The van der Waals surface area contributed by atoms with Crippen LogP contribution in [0.1, 0.15) is 16.8 Å². The molecule has 0 spiro atoms. The molecule has 2 bridgehead atoms. The van der Waals surface area contributed by atoms with Gasteiger partial charge in [-0.2, -0.15) is 0 Å². The van der Waals surface area contributed by atoms with Gasteiger partial charge < -0.3 is 4.74 Å². The van der Waals surface area contributed by atoms with Crippen LogP contribution in [0.15, 0.2) is 36.4 Å². The lowest BCUT2D eigenvalue weighted by molar-refractivity contribution is -0.124. The van der Waals surface area contributed by atoms with Crippen molar-refractivity contribution in [2.24, 2.45) is 35.5 Å². The van der Waals surface area contributed by atoms with E-state index in [2.05, 4.69) is 12.2 Å². The van der Waals surface area contributed by atoms with Crippen molar-refractivity contribution in [1.29, 1.82) is 0 Å². The molecule has 2 amide bonds. The van der Waals surface area contributed by atoms with Crippen LogP contribution >= 0.6 is 0 Å². The summed E-state index contributed by atoms with van der Waals surface area (Å²) < 4.78 is 4.73. The molecule has 4 aliphatic carbocycles. The lowest BCUT2D eigenvalue weighted by atomic mass is 9.63. The molecular weight excluding hydrogens is 306 g/mol. The van der Waals surface area contributed by atoms with Crippen molar-refractivity contribution < 1.29 is 19.1 Å². The summed E-state index contributed by atoms with van der Waals surface area (Å²) in [6.07, 6.45) is 5.45. The van der Waals surface area contributed by atoms with E-state index in [-0.39, 0.29) is 35.5 Å². The second-order valence-electron chi connectivity index (χ2n) is 7.21. The van der Waals surface area contributed by atoms with Crippen molar-refractivity contribution >= 4 is 23.5 Å². The number of methoxy groups -OCH3 is 1. The van der Waals surface area contributed by atoms with Gasteiger partial charge in [0.1, 0.15) is 0 Å². The van der Waals surface area contributed by atoms with E-state index in [0.29, 0.717) is 23.1 Å². The molecule has 5 aliphatic rings. The van der Waals surface area contributed by atoms with E-state index in [1.54, 1.807) is 24.3 Å². The van der Waals surface area contributed by atoms with Gasteiger partial charge in [0.25, 0.3) is 0 Å². The highest BCUT2D eigenvalue weighted by Gasteiger charge is 2.67. The Bertz CT molecular complexity index is 777. The van der Waals surface area contributed by atoms with Crippen molar-refractivity contribution in [1.82, 2.24) is 0 Å². The summed E-state index contributed by atoms with van der Waals surface area (Å²) in [7, 11) is 1.31. The molecule has 0 N–H and O–H groups in total. The number of rotatable bonds is 2. The number of nitrogens with zero attached hydrogens (tertiary/aromatic N) is 1. The number of amides is 2. The van der Waals surface area contributed by atoms with Crippen LogP contribution in [0.3, 0.4) is 0 Å². The summed E-state index contributed by atoms with van der Waals surface area (Å²) in [5.41, 5.74) is 0.810. The highest BCUT2D eigenvalue weighted by molar-refractivity contribution is 6.22. The molecule has 6 atom stereocenters. The standard InChI is InChI=1S/C19H17NO4/c1-24-19(23)9-3-2-4-10(7-9)20-17(21)15-11-5-6-12(14-8-13(11)14)16(15)18(20)22/h2-7,11-16H,8H2,1H3/t11-,12-,13-,14+,15+,16-/m1/s1. The smallest absolute Gasteiger partial charge is 0.337 e. The number of imide groups is 1. The quantitative estimate of drug-likeness (QED) is 0.475. The zero-order chi connectivity index (χ0) is 16.6. The van der Waals surface area contributed by atoms with E-state index < -0.39 is 5.97 Å². The largest absolute Gasteiger partial charge is 0.465 e. The van der Waals surface area contributed by atoms with Gasteiger partial charge in [-0.25, -0.2) is 9.69 Å². The Labute approximate surface area is 139 Å². The Morgan fingerprint density at radius 3 is 2.29 bits per heavy atom. The maximum Gasteiger partial charge on any atom is 0.337 e. The third-order valence-electron chi connectivity index (χ3n) is 6.19. The zero-order valence-electron chi connectivity index (χ0n) is 13.2. The Kier molecular flexibility index (Phi) is 2.65. The number of ether oxygens (including phenoxy) is 1. The highest BCUT2D eigenvalue weighted by Crippen LogP contribution is 2.65. The molecule has 0 radical (unpaired) electrons. The van der Waals surface area contributed by atoms with Crippen molar-refractivity contribution in [2.45, 2.75) is 6.42 Å². The first-order chi connectivity index (χ1) is 11.6. The fourth-order valence-electron chi connectivity index (χ4n) is 5.10. The molecular formula is C19H17NO4. The molecule has 0 aromatic heterocycles. The lowest BCUT2D eigenvalue weighted by Crippen LogP contribution is -2.40. The molecule has 1 aromatic carbocycles. The molecule has 1 aromatic rings. The van der Waals surface area contributed by atoms with Crippen molar-refractivity contribution in [3.05, 3.63) is 42.0 Å². The first-order valence-corrected chi connectivity index (χ1v) is 8.36. The highest BCUT2D eigenvalue weighted by atomic mass is 16.5. The number of carbonyl (C=O) groups excluding carboxylic acids is 3. The van der Waals surface area contributed by atoms with E-state index in [1.165, 1.54) is 12.0 Å². The van der Waals surface area contributed by atoms with Gasteiger partial charge >= 0.3 is 5.97 Å². The number of esters is 1. The SMILES string of the molecule is COC(=O)c1cccc(N2C(=O)[C@@H]3[C@@H]4C=C[C@H]([C@H]5C[C@@H]45)[C@@H]3C2=O)c1. The van der Waals surface area contributed by atoms with Crippen LogP contribution in [-0.2, 0) is 14.3 Å². The minimum atomic E-state index is -0.476. The van der Waals surface area contributed by atoms with Gasteiger partial charge in [0, 0.05) is 0 Å². The number of hydrogen-bond acceptors (Lipinski definition) is 4. The Balaban J connectivity index is 1.54. The molecule has 2 saturated carbocycles. The number of hydrogen-bond donors (Lipinski definition) is 0. The second-order valence-corrected chi connectivity index (χ2v) is 7.21. The minimum Gasteiger partial charge on any atom is -0.465 e. The van der Waals surface area contributed by atoms with Gasteiger partial charge in [0.05, 0.1) is 30.2 Å². The van der Waals surface area contributed by atoms with Crippen LogP contribution in [0.2, 0.25) is 0 Å². The van der Waals surface area contributed by atoms with E-state index in [4.69, 9.17) is 4.74 Å². The van der Waals surface area contributed by atoms with Gasteiger partial charge in [-0.3, -0.25) is 9.59 Å². The molecule has 1 heterocycles. The molecule has 122 valence electrons. The average molecular weight is 323 g/mol. The molecule has 24 heavy (non-hydrogen) atoms. The Morgan fingerprint density at radius 1 is 1.08 bits per heavy atom. The summed E-state index contributed by atoms with van der Waals surface area (Å²) in [5, 5.41) is 0. The third kappa shape index (κ3) is 1.62. The molecule has 1 saturated heterocycles. The van der Waals surface area contributed by atoms with Crippen molar-refractivity contribution in [3.63, 3.8) is 0 Å². The number of carbonyl (C=O) groups is 3. The monoisotopic (exact) mass is 323 g/mol. The lowest BCUT2D eigenvalue weighted by Gasteiger charge is -2.37. The third-order valence-corrected chi connectivity index (χ3v) is 6.19. The first-order valence-electron chi connectivity index (χ1n) is 8.36.